The zero-order valence-electron chi connectivity index (χ0n) is 7.08. The number of nitrogens with two attached hydrogens (primary N) is 1. The van der Waals surface area contributed by atoms with Gasteiger partial charge >= 0.3 is 6.03 Å². The summed E-state index contributed by atoms with van der Waals surface area (Å²) in [4.78, 5) is 14.7. The first-order chi connectivity index (χ1) is 5.11. The van der Waals surface area contributed by atoms with Gasteiger partial charge in [0.05, 0.1) is 0 Å². The van der Waals surface area contributed by atoms with Crippen LogP contribution in [-0.2, 0) is 0 Å². The van der Waals surface area contributed by atoms with Crippen molar-refractivity contribution in [2.24, 2.45) is 5.73 Å². The third-order valence-electron chi connectivity index (χ3n) is 1.88. The molecule has 1 rings (SSSR count). The summed E-state index contributed by atoms with van der Waals surface area (Å²) in [5.41, 5.74) is 5.65. The van der Waals surface area contributed by atoms with Crippen LogP contribution >= 0.6 is 0 Å². The Hall–Kier alpha value is -0.770. The lowest BCUT2D eigenvalue weighted by Gasteiger charge is -2.20. The third-order valence-corrected chi connectivity index (χ3v) is 1.88. The smallest absolute Gasteiger partial charge is 0.319 e. The summed E-state index contributed by atoms with van der Waals surface area (Å²) in [7, 11) is 3.51. The maximum Gasteiger partial charge on any atom is 0.319 e. The van der Waals surface area contributed by atoms with Crippen LogP contribution < -0.4 is 5.73 Å². The molecule has 1 atom stereocenters. The minimum atomic E-state index is 0.0675. The molecule has 1 saturated heterocycles. The van der Waals surface area contributed by atoms with Gasteiger partial charge in [-0.15, -0.1) is 0 Å². The topological polar surface area (TPSA) is 49.6 Å². The van der Waals surface area contributed by atoms with Crippen molar-refractivity contribution in [1.82, 2.24) is 9.80 Å². The summed E-state index contributed by atoms with van der Waals surface area (Å²) in [5.74, 6) is 0. The molecule has 0 spiro atoms. The predicted molar refractivity (Wildman–Crippen MR) is 43.2 cm³/mol. The molecule has 1 fully saturated rings. The molecule has 2 amide bonds. The highest BCUT2D eigenvalue weighted by atomic mass is 16.2. The first kappa shape index (κ1) is 8.33. The summed E-state index contributed by atoms with van der Waals surface area (Å²) in [5, 5.41) is 0. The largest absolute Gasteiger partial charge is 0.331 e. The molecule has 0 bridgehead atoms. The summed E-state index contributed by atoms with van der Waals surface area (Å²) < 4.78 is 0. The van der Waals surface area contributed by atoms with Crippen LogP contribution in [0.5, 0.6) is 0 Å². The second-order valence-corrected chi connectivity index (χ2v) is 3.17. The molecule has 11 heavy (non-hydrogen) atoms. The molecule has 1 heterocycles. The normalized spacial score (nSPS) is 23.9. The fourth-order valence-electron chi connectivity index (χ4n) is 1.24. The van der Waals surface area contributed by atoms with Crippen molar-refractivity contribution in [2.45, 2.75) is 12.5 Å². The van der Waals surface area contributed by atoms with Crippen molar-refractivity contribution in [1.29, 1.82) is 0 Å². The van der Waals surface area contributed by atoms with Crippen molar-refractivity contribution >= 4 is 6.03 Å². The van der Waals surface area contributed by atoms with Gasteiger partial charge in [-0.3, -0.25) is 0 Å². The molecule has 0 aliphatic carbocycles. The molecule has 2 N–H and O–H groups in total. The van der Waals surface area contributed by atoms with E-state index in [-0.39, 0.29) is 12.1 Å². The molecule has 1 aliphatic rings. The molecule has 4 heteroatoms. The number of hydrogen-bond donors (Lipinski definition) is 1. The number of urea groups is 1. The van der Waals surface area contributed by atoms with E-state index in [0.717, 1.165) is 13.0 Å². The van der Waals surface area contributed by atoms with Gasteiger partial charge in [-0.2, -0.15) is 0 Å². The van der Waals surface area contributed by atoms with Gasteiger partial charge in [0.1, 0.15) is 0 Å². The highest BCUT2D eigenvalue weighted by Gasteiger charge is 2.24. The van der Waals surface area contributed by atoms with Gasteiger partial charge in [-0.05, 0) is 6.42 Å². The van der Waals surface area contributed by atoms with E-state index in [1.165, 1.54) is 0 Å². The van der Waals surface area contributed by atoms with Crippen LogP contribution in [0.15, 0.2) is 0 Å². The number of rotatable bonds is 0. The van der Waals surface area contributed by atoms with E-state index in [1.54, 1.807) is 23.9 Å². The van der Waals surface area contributed by atoms with Crippen LogP contribution in [-0.4, -0.2) is 49.1 Å². The lowest BCUT2D eigenvalue weighted by molar-refractivity contribution is 0.181. The molecule has 64 valence electrons. The molecule has 0 saturated carbocycles. The van der Waals surface area contributed by atoms with Gasteiger partial charge in [0.2, 0.25) is 0 Å². The van der Waals surface area contributed by atoms with E-state index in [4.69, 9.17) is 5.73 Å². The second kappa shape index (κ2) is 3.09. The average Bonchev–Trinajstić information content (AvgIpc) is 2.34. The van der Waals surface area contributed by atoms with Gasteiger partial charge < -0.3 is 15.5 Å². The average molecular weight is 157 g/mol. The first-order valence-corrected chi connectivity index (χ1v) is 3.83. The van der Waals surface area contributed by atoms with Gasteiger partial charge in [-0.1, -0.05) is 0 Å². The Balaban J connectivity index is 2.43. The quantitative estimate of drug-likeness (QED) is 0.525. The first-order valence-electron chi connectivity index (χ1n) is 3.83. The minimum Gasteiger partial charge on any atom is -0.331 e. The fourth-order valence-corrected chi connectivity index (χ4v) is 1.24. The van der Waals surface area contributed by atoms with Crippen LogP contribution in [0.3, 0.4) is 0 Å². The van der Waals surface area contributed by atoms with Gasteiger partial charge in [-0.25, -0.2) is 4.79 Å². The Labute approximate surface area is 66.9 Å². The van der Waals surface area contributed by atoms with Crippen LogP contribution in [0.1, 0.15) is 6.42 Å². The summed E-state index contributed by atoms with van der Waals surface area (Å²) in [6.07, 6.45) is 0.930. The zero-order valence-corrected chi connectivity index (χ0v) is 7.08. The Morgan fingerprint density at radius 1 is 1.64 bits per heavy atom. The van der Waals surface area contributed by atoms with Crippen molar-refractivity contribution in [3.63, 3.8) is 0 Å². The van der Waals surface area contributed by atoms with Gasteiger partial charge in [0.25, 0.3) is 0 Å². The molecule has 1 aliphatic heterocycles. The van der Waals surface area contributed by atoms with Crippen molar-refractivity contribution in [3.8, 4) is 0 Å². The monoisotopic (exact) mass is 157 g/mol. The summed E-state index contributed by atoms with van der Waals surface area (Å²) in [6, 6.07) is 0.247. The molecule has 0 aromatic rings. The van der Waals surface area contributed by atoms with E-state index in [0.29, 0.717) is 6.54 Å². The Bertz CT molecular complexity index is 158. The summed E-state index contributed by atoms with van der Waals surface area (Å²) >= 11 is 0. The SMILES string of the molecule is CN(C)C(=O)N1CCC(N)C1. The van der Waals surface area contributed by atoms with E-state index in [2.05, 4.69) is 0 Å². The van der Waals surface area contributed by atoms with Crippen LogP contribution in [0.2, 0.25) is 0 Å². The molecular formula is C7H15N3O. The number of carbonyl (C=O) groups excluding carboxylic acids is 1. The van der Waals surface area contributed by atoms with Crippen LogP contribution in [0.4, 0.5) is 4.79 Å². The predicted octanol–water partition coefficient (Wildman–Crippen LogP) is -0.299. The number of nitrogens with zero attached hydrogens (tertiary/aromatic N) is 2. The number of hydrogen-bond acceptors (Lipinski definition) is 2. The standard InChI is InChI=1S/C7H15N3O/c1-9(2)7(11)10-4-3-6(8)5-10/h6H,3-5,8H2,1-2H3. The highest BCUT2D eigenvalue weighted by molar-refractivity contribution is 5.74. The lowest BCUT2D eigenvalue weighted by Crippen LogP contribution is -2.38. The van der Waals surface area contributed by atoms with Crippen molar-refractivity contribution in [2.75, 3.05) is 27.2 Å². The fraction of sp³-hybridized carbons (Fsp3) is 0.857. The Morgan fingerprint density at radius 3 is 2.64 bits per heavy atom. The molecule has 0 aromatic heterocycles. The second-order valence-electron chi connectivity index (χ2n) is 3.17. The van der Waals surface area contributed by atoms with Crippen molar-refractivity contribution < 1.29 is 4.79 Å². The van der Waals surface area contributed by atoms with E-state index < -0.39 is 0 Å². The Morgan fingerprint density at radius 2 is 2.27 bits per heavy atom. The molecule has 4 nitrogen and oxygen atoms in total. The van der Waals surface area contributed by atoms with Gasteiger partial charge in [0, 0.05) is 33.2 Å². The van der Waals surface area contributed by atoms with Crippen LogP contribution in [0.25, 0.3) is 0 Å². The summed E-state index contributed by atoms with van der Waals surface area (Å²) in [6.45, 7) is 1.51. The maximum absolute atomic E-state index is 11.3. The molecule has 1 unspecified atom stereocenters. The van der Waals surface area contributed by atoms with Crippen LogP contribution in [0, 0.1) is 0 Å². The number of likely N-dealkylation sites (tertiary alicyclic amines) is 1. The maximum atomic E-state index is 11.3. The van der Waals surface area contributed by atoms with E-state index in [9.17, 15) is 4.79 Å². The lowest BCUT2D eigenvalue weighted by atomic mass is 10.3. The van der Waals surface area contributed by atoms with Crippen molar-refractivity contribution in [3.05, 3.63) is 0 Å². The van der Waals surface area contributed by atoms with E-state index in [1.807, 2.05) is 0 Å². The number of carbonyl (C=O) groups is 1. The highest BCUT2D eigenvalue weighted by Crippen LogP contribution is 2.07. The number of amides is 2. The van der Waals surface area contributed by atoms with Gasteiger partial charge in [0.15, 0.2) is 0 Å². The zero-order chi connectivity index (χ0) is 8.43. The third kappa shape index (κ3) is 1.83. The Kier molecular flexibility index (Phi) is 2.34. The minimum absolute atomic E-state index is 0.0675. The molecule has 0 radical (unpaired) electrons. The molecular weight excluding hydrogens is 142 g/mol. The molecule has 0 aromatic carbocycles. The van der Waals surface area contributed by atoms with E-state index >= 15 is 0 Å².